The number of nitrogens with one attached hydrogen (secondary N) is 3. The Morgan fingerprint density at radius 1 is 1.11 bits per heavy atom. The number of aliphatic hydroxyl groups excluding tert-OH is 1. The van der Waals surface area contributed by atoms with Crippen molar-refractivity contribution in [1.82, 2.24) is 20.9 Å². The molecule has 16 nitrogen and oxygen atoms in total. The molecular weight excluding hydrogens is 735 g/mol. The molecule has 0 radical (unpaired) electrons. The van der Waals surface area contributed by atoms with Gasteiger partial charge in [0.05, 0.1) is 22.8 Å². The largest absolute Gasteiger partial charge is 0.480 e. The van der Waals surface area contributed by atoms with Crippen LogP contribution in [0.5, 0.6) is 0 Å². The molecule has 2 unspecified atom stereocenters. The highest BCUT2D eigenvalue weighted by atomic mass is 32.2. The predicted molar refractivity (Wildman–Crippen MR) is 207 cm³/mol. The SMILES string of the molecule is CO[C@H]1/C=C\C=C(/C)C(=O)NC2=C(SC(C)C(NC(C)=O)C(=O)O)C(=O)C(NCCN(C)C)=C(C[C@@H](C)C[C@H](OC)[C@H](O)[C@@H](C)/C=C(\C)[C@@H]1OC(N)=O)C2=O. The average molecular weight is 792 g/mol. The number of amides is 3. The van der Waals surface area contributed by atoms with Crippen molar-refractivity contribution in [2.24, 2.45) is 17.6 Å². The van der Waals surface area contributed by atoms with Gasteiger partial charge in [0.2, 0.25) is 17.5 Å². The number of rotatable bonds is 12. The summed E-state index contributed by atoms with van der Waals surface area (Å²) in [4.78, 5) is 80.4. The quantitative estimate of drug-likeness (QED) is 0.123. The van der Waals surface area contributed by atoms with Gasteiger partial charge in [-0.25, -0.2) is 9.59 Å². The molecule has 2 rings (SSSR count). The number of carbonyl (C=O) groups excluding carboxylic acids is 5. The molecule has 0 spiro atoms. The lowest BCUT2D eigenvalue weighted by molar-refractivity contribution is -0.141. The Balaban J connectivity index is 2.86. The van der Waals surface area contributed by atoms with E-state index in [0.717, 1.165) is 18.7 Å². The molecule has 0 aromatic rings. The monoisotopic (exact) mass is 791 g/mol. The summed E-state index contributed by atoms with van der Waals surface area (Å²) >= 11 is 0.752. The molecule has 2 bridgehead atoms. The van der Waals surface area contributed by atoms with Crippen molar-refractivity contribution in [3.05, 3.63) is 57.3 Å². The zero-order chi connectivity index (χ0) is 41.7. The van der Waals surface area contributed by atoms with Crippen LogP contribution in [0.3, 0.4) is 0 Å². The van der Waals surface area contributed by atoms with E-state index in [0.29, 0.717) is 12.1 Å². The number of ketones is 2. The maximum Gasteiger partial charge on any atom is 0.405 e. The maximum atomic E-state index is 14.6. The fourth-order valence-electron chi connectivity index (χ4n) is 6.19. The van der Waals surface area contributed by atoms with Crippen molar-refractivity contribution in [1.29, 1.82) is 0 Å². The van der Waals surface area contributed by atoms with E-state index < -0.39 is 77.1 Å². The van der Waals surface area contributed by atoms with Gasteiger partial charge in [0.15, 0.2) is 6.10 Å². The molecule has 1 aliphatic carbocycles. The third-order valence-electron chi connectivity index (χ3n) is 9.16. The summed E-state index contributed by atoms with van der Waals surface area (Å²) in [5.74, 6) is -4.85. The Kier molecular flexibility index (Phi) is 18.5. The van der Waals surface area contributed by atoms with Gasteiger partial charge in [-0.15, -0.1) is 11.8 Å². The molecule has 3 amide bonds. The Hall–Kier alpha value is -4.29. The van der Waals surface area contributed by atoms with E-state index in [-0.39, 0.29) is 52.7 Å². The topological polar surface area (TPSA) is 236 Å². The number of carbonyl (C=O) groups is 6. The van der Waals surface area contributed by atoms with Crippen LogP contribution in [0.1, 0.15) is 54.4 Å². The summed E-state index contributed by atoms with van der Waals surface area (Å²) in [5, 5.41) is 28.5. The van der Waals surface area contributed by atoms with E-state index in [2.05, 4.69) is 16.0 Å². The van der Waals surface area contributed by atoms with Crippen LogP contribution in [0.15, 0.2) is 57.3 Å². The number of nitrogens with zero attached hydrogens (tertiary/aromatic N) is 1. The van der Waals surface area contributed by atoms with E-state index in [1.165, 1.54) is 46.3 Å². The second kappa shape index (κ2) is 21.7. The Morgan fingerprint density at radius 2 is 1.76 bits per heavy atom. The highest BCUT2D eigenvalue weighted by Gasteiger charge is 2.40. The summed E-state index contributed by atoms with van der Waals surface area (Å²) in [6.07, 6.45) is 1.78. The van der Waals surface area contributed by atoms with Crippen molar-refractivity contribution in [2.45, 2.75) is 90.1 Å². The van der Waals surface area contributed by atoms with Crippen LogP contribution in [0.2, 0.25) is 0 Å². The molecule has 0 aromatic heterocycles. The smallest absolute Gasteiger partial charge is 0.405 e. The fraction of sp³-hybridized carbons (Fsp3) is 0.579. The van der Waals surface area contributed by atoms with Gasteiger partial charge in [0.1, 0.15) is 17.8 Å². The highest BCUT2D eigenvalue weighted by molar-refractivity contribution is 8.04. The van der Waals surface area contributed by atoms with Crippen molar-refractivity contribution >= 4 is 47.2 Å². The van der Waals surface area contributed by atoms with Crippen molar-refractivity contribution < 1.29 is 53.2 Å². The van der Waals surface area contributed by atoms with Gasteiger partial charge in [-0.05, 0) is 52.3 Å². The number of ether oxygens (including phenoxy) is 3. The molecule has 1 heterocycles. The Labute approximate surface area is 327 Å². The molecule has 55 heavy (non-hydrogen) atoms. The number of methoxy groups -OCH3 is 2. The molecular formula is C38H57N5O11S. The first-order valence-electron chi connectivity index (χ1n) is 17.9. The number of thioether (sulfide) groups is 1. The summed E-state index contributed by atoms with van der Waals surface area (Å²) in [6, 6.07) is -1.44. The second-order valence-electron chi connectivity index (χ2n) is 14.1. The molecule has 0 saturated carbocycles. The Morgan fingerprint density at radius 3 is 2.31 bits per heavy atom. The van der Waals surface area contributed by atoms with Crippen LogP contribution in [0, 0.1) is 11.8 Å². The number of hydrogen-bond acceptors (Lipinski definition) is 13. The number of allylic oxidation sites excluding steroid dienone is 4. The first kappa shape index (κ1) is 46.9. The molecule has 7 N–H and O–H groups in total. The lowest BCUT2D eigenvalue weighted by atomic mass is 9.85. The van der Waals surface area contributed by atoms with Gasteiger partial charge in [-0.3, -0.25) is 19.2 Å². The van der Waals surface area contributed by atoms with Gasteiger partial charge in [-0.1, -0.05) is 45.1 Å². The molecule has 0 saturated heterocycles. The summed E-state index contributed by atoms with van der Waals surface area (Å²) in [5.41, 5.74) is 5.82. The number of carboxylic acids is 1. The van der Waals surface area contributed by atoms with E-state index in [1.54, 1.807) is 19.9 Å². The third-order valence-corrected chi connectivity index (χ3v) is 10.4. The number of primary amides is 1. The highest BCUT2D eigenvalue weighted by Crippen LogP contribution is 2.37. The molecule has 0 aromatic carbocycles. The first-order valence-corrected chi connectivity index (χ1v) is 18.8. The Bertz CT molecular complexity index is 1620. The zero-order valence-electron chi connectivity index (χ0n) is 33.3. The van der Waals surface area contributed by atoms with Gasteiger partial charge in [0.25, 0.3) is 5.91 Å². The van der Waals surface area contributed by atoms with Crippen molar-refractivity contribution in [3.63, 3.8) is 0 Å². The fourth-order valence-corrected chi connectivity index (χ4v) is 7.35. The molecule has 2 aliphatic rings. The molecule has 17 heteroatoms. The van der Waals surface area contributed by atoms with Gasteiger partial charge in [-0.2, -0.15) is 0 Å². The number of hydrogen-bond donors (Lipinski definition) is 6. The minimum atomic E-state index is -1.44. The number of fused-ring (bicyclic) bond motifs is 2. The lowest BCUT2D eigenvalue weighted by Crippen LogP contribution is -2.46. The maximum absolute atomic E-state index is 14.6. The zero-order valence-corrected chi connectivity index (χ0v) is 34.1. The summed E-state index contributed by atoms with van der Waals surface area (Å²) < 4.78 is 16.7. The van der Waals surface area contributed by atoms with Gasteiger partial charge >= 0.3 is 12.1 Å². The van der Waals surface area contributed by atoms with Crippen LogP contribution < -0.4 is 21.7 Å². The summed E-state index contributed by atoms with van der Waals surface area (Å²) in [6.45, 7) is 10.2. The van der Waals surface area contributed by atoms with E-state index in [4.69, 9.17) is 19.9 Å². The molecule has 0 fully saturated rings. The van der Waals surface area contributed by atoms with Crippen LogP contribution in [0.4, 0.5) is 4.79 Å². The first-order chi connectivity index (χ1) is 25.7. The second-order valence-corrected chi connectivity index (χ2v) is 15.5. The number of aliphatic hydroxyl groups is 1. The van der Waals surface area contributed by atoms with E-state index in [1.807, 2.05) is 25.9 Å². The van der Waals surface area contributed by atoms with Crippen molar-refractivity contribution in [3.8, 4) is 0 Å². The number of aliphatic carboxylic acids is 1. The van der Waals surface area contributed by atoms with E-state index >= 15 is 0 Å². The normalized spacial score (nSPS) is 28.3. The van der Waals surface area contributed by atoms with Crippen LogP contribution >= 0.6 is 11.8 Å². The minimum Gasteiger partial charge on any atom is -0.480 e. The molecule has 306 valence electrons. The average Bonchev–Trinajstić information content (AvgIpc) is 3.10. The van der Waals surface area contributed by atoms with Gasteiger partial charge < -0.3 is 51.0 Å². The standard InChI is InChI=1S/C38H57N5O11S/c1-19-16-25-29(40-14-15-43(7)8)33(47)35(55-23(5)28(37(49)50)41-24(6)44)30(32(25)46)42-36(48)20(2)12-11-13-26(52-9)34(54-38(39)51)22(4)18-21(3)31(45)27(17-19)53-10/h11-13,18-19,21,23,26-28,31,34,40,45H,14-17H2,1-10H3,(H2,39,51)(H,41,44)(H,42,48)(H,49,50)/b13-11-,20-12+,22-18+/t19-,21+,23?,26+,27+,28?,31-,34+/m1/s1. The van der Waals surface area contributed by atoms with Gasteiger partial charge in [0, 0.05) is 56.5 Å². The minimum absolute atomic E-state index is 0.00596. The predicted octanol–water partition coefficient (Wildman–Crippen LogP) is 1.95. The van der Waals surface area contributed by atoms with Crippen molar-refractivity contribution in [2.75, 3.05) is 41.4 Å². The number of likely N-dealkylation sites (N-methyl/N-ethyl adjacent to an activating group) is 1. The number of Topliss-reactive ketones (excluding diaryl/α,β-unsaturated/α-hetero) is 2. The van der Waals surface area contributed by atoms with Crippen LogP contribution in [-0.2, 0) is 38.2 Å². The third kappa shape index (κ3) is 13.5. The van der Waals surface area contributed by atoms with E-state index in [9.17, 15) is 39.0 Å². The molecule has 1 aliphatic heterocycles. The lowest BCUT2D eigenvalue weighted by Gasteiger charge is -2.31. The van der Waals surface area contributed by atoms with Crippen LogP contribution in [-0.4, -0.2) is 128 Å². The number of carboxylic acid groups (broad SMARTS) is 1. The number of nitrogens with two attached hydrogens (primary N) is 1. The van der Waals surface area contributed by atoms with Crippen LogP contribution in [0.25, 0.3) is 0 Å². The molecule has 8 atom stereocenters. The summed E-state index contributed by atoms with van der Waals surface area (Å²) in [7, 11) is 6.54.